The summed E-state index contributed by atoms with van der Waals surface area (Å²) in [4.78, 5) is 29.7. The SMILES string of the molecule is CCCCNC(=O)C1(c2ccccc2)CCN(C)CC1.CCOC(=O)C1(c2ccccc2)CCN(C)CC1.Cl. The zero-order valence-electron chi connectivity index (χ0n) is 24.3. The van der Waals surface area contributed by atoms with E-state index in [-0.39, 0.29) is 29.7 Å². The molecular weight excluding hydrogens is 510 g/mol. The van der Waals surface area contributed by atoms with Crippen LogP contribution in [0.4, 0.5) is 0 Å². The molecule has 2 aromatic carbocycles. The standard InChI is InChI=1S/C17H26N2O.C15H21NO2.ClH/c1-3-4-12-18-16(20)17(10-13-19(2)14-11-17)15-8-6-5-7-9-15;1-3-18-14(17)15(9-11-16(2)12-10-15)13-7-5-4-6-8-13;/h5-9H,3-4,10-14H2,1-2H3,(H,18,20);4-8H,3,9-12H2,1-2H3;1H. The average Bonchev–Trinajstić information content (AvgIpc) is 2.96. The van der Waals surface area contributed by atoms with Crippen LogP contribution in [-0.4, -0.2) is 75.1 Å². The van der Waals surface area contributed by atoms with Crippen LogP contribution in [0.3, 0.4) is 0 Å². The molecule has 0 unspecified atom stereocenters. The summed E-state index contributed by atoms with van der Waals surface area (Å²) in [5, 5.41) is 3.15. The van der Waals surface area contributed by atoms with Gasteiger partial charge in [0, 0.05) is 6.54 Å². The number of unbranched alkanes of at least 4 members (excludes halogenated alkanes) is 1. The fourth-order valence-electron chi connectivity index (χ4n) is 5.59. The summed E-state index contributed by atoms with van der Waals surface area (Å²) in [6, 6.07) is 20.4. The Hall–Kier alpha value is -2.41. The second-order valence-corrected chi connectivity index (χ2v) is 10.8. The Labute approximate surface area is 241 Å². The van der Waals surface area contributed by atoms with Gasteiger partial charge in [-0.3, -0.25) is 9.59 Å². The molecule has 2 aliphatic heterocycles. The number of carbonyl (C=O) groups excluding carboxylic acids is 2. The van der Waals surface area contributed by atoms with Crippen LogP contribution in [0.2, 0.25) is 0 Å². The number of rotatable bonds is 8. The van der Waals surface area contributed by atoms with Crippen molar-refractivity contribution < 1.29 is 14.3 Å². The fraction of sp³-hybridized carbons (Fsp3) is 0.562. The molecule has 0 aromatic heterocycles. The molecule has 0 saturated carbocycles. The Bertz CT molecular complexity index is 986. The largest absolute Gasteiger partial charge is 0.465 e. The lowest BCUT2D eigenvalue weighted by Gasteiger charge is -2.39. The van der Waals surface area contributed by atoms with Crippen LogP contribution < -0.4 is 5.32 Å². The number of carbonyl (C=O) groups is 2. The molecule has 7 heteroatoms. The van der Waals surface area contributed by atoms with Crippen molar-refractivity contribution in [1.29, 1.82) is 0 Å². The van der Waals surface area contributed by atoms with Crippen molar-refractivity contribution in [1.82, 2.24) is 15.1 Å². The van der Waals surface area contributed by atoms with Crippen molar-refractivity contribution in [3.8, 4) is 0 Å². The summed E-state index contributed by atoms with van der Waals surface area (Å²) >= 11 is 0. The molecule has 2 heterocycles. The molecule has 216 valence electrons. The highest BCUT2D eigenvalue weighted by atomic mass is 35.5. The van der Waals surface area contributed by atoms with E-state index >= 15 is 0 Å². The van der Waals surface area contributed by atoms with Gasteiger partial charge >= 0.3 is 5.97 Å². The second kappa shape index (κ2) is 16.0. The second-order valence-electron chi connectivity index (χ2n) is 10.8. The summed E-state index contributed by atoms with van der Waals surface area (Å²) in [6.07, 6.45) is 5.66. The minimum atomic E-state index is -0.441. The van der Waals surface area contributed by atoms with E-state index in [1.807, 2.05) is 55.5 Å². The smallest absolute Gasteiger partial charge is 0.316 e. The molecule has 0 radical (unpaired) electrons. The van der Waals surface area contributed by atoms with E-state index in [2.05, 4.69) is 48.3 Å². The Balaban J connectivity index is 0.000000268. The Morgan fingerprint density at radius 1 is 0.769 bits per heavy atom. The summed E-state index contributed by atoms with van der Waals surface area (Å²) < 4.78 is 5.32. The molecule has 6 nitrogen and oxygen atoms in total. The van der Waals surface area contributed by atoms with Gasteiger partial charge in [-0.25, -0.2) is 0 Å². The third-order valence-corrected chi connectivity index (χ3v) is 8.25. The van der Waals surface area contributed by atoms with Gasteiger partial charge in [0.25, 0.3) is 0 Å². The zero-order valence-corrected chi connectivity index (χ0v) is 25.1. The molecule has 2 saturated heterocycles. The number of halogens is 1. The van der Waals surface area contributed by atoms with E-state index in [0.29, 0.717) is 6.61 Å². The minimum absolute atomic E-state index is 0. The van der Waals surface area contributed by atoms with Gasteiger partial charge < -0.3 is 19.9 Å². The van der Waals surface area contributed by atoms with Crippen molar-refractivity contribution in [3.05, 3.63) is 71.8 Å². The number of hydrogen-bond donors (Lipinski definition) is 1. The van der Waals surface area contributed by atoms with Crippen LogP contribution in [0, 0.1) is 0 Å². The first-order valence-electron chi connectivity index (χ1n) is 14.3. The number of nitrogens with zero attached hydrogens (tertiary/aromatic N) is 2. The van der Waals surface area contributed by atoms with E-state index in [0.717, 1.165) is 76.8 Å². The molecule has 4 rings (SSSR count). The normalized spacial score (nSPS) is 18.6. The first-order chi connectivity index (χ1) is 18.4. The third kappa shape index (κ3) is 8.29. The summed E-state index contributed by atoms with van der Waals surface area (Å²) in [6.45, 7) is 9.09. The topological polar surface area (TPSA) is 61.9 Å². The number of amides is 1. The first kappa shape index (κ1) is 32.8. The lowest BCUT2D eigenvalue weighted by atomic mass is 9.72. The highest BCUT2D eigenvalue weighted by Gasteiger charge is 2.44. The molecule has 0 bridgehead atoms. The lowest BCUT2D eigenvalue weighted by molar-refractivity contribution is -0.152. The molecular formula is C32H48ClN3O3. The Kier molecular flexibility index (Phi) is 13.5. The molecule has 1 N–H and O–H groups in total. The molecule has 39 heavy (non-hydrogen) atoms. The van der Waals surface area contributed by atoms with Crippen molar-refractivity contribution in [2.75, 3.05) is 53.4 Å². The van der Waals surface area contributed by atoms with E-state index < -0.39 is 5.41 Å². The number of piperidine rings is 2. The fourth-order valence-corrected chi connectivity index (χ4v) is 5.59. The summed E-state index contributed by atoms with van der Waals surface area (Å²) in [7, 11) is 4.23. The van der Waals surface area contributed by atoms with Crippen molar-refractivity contribution in [3.63, 3.8) is 0 Å². The first-order valence-corrected chi connectivity index (χ1v) is 14.3. The third-order valence-electron chi connectivity index (χ3n) is 8.25. The molecule has 2 aromatic rings. The van der Waals surface area contributed by atoms with E-state index in [1.54, 1.807) is 0 Å². The Morgan fingerprint density at radius 2 is 1.21 bits per heavy atom. The van der Waals surface area contributed by atoms with Gasteiger partial charge in [0.05, 0.1) is 17.4 Å². The highest BCUT2D eigenvalue weighted by molar-refractivity contribution is 5.88. The maximum atomic E-state index is 12.8. The van der Waals surface area contributed by atoms with Crippen LogP contribution in [0.15, 0.2) is 60.7 Å². The van der Waals surface area contributed by atoms with Crippen molar-refractivity contribution in [2.45, 2.75) is 63.2 Å². The number of nitrogens with one attached hydrogen (secondary N) is 1. The van der Waals surface area contributed by atoms with Crippen LogP contribution in [-0.2, 0) is 25.2 Å². The zero-order chi connectivity index (χ0) is 27.4. The molecule has 1 amide bonds. The van der Waals surface area contributed by atoms with Crippen LogP contribution >= 0.6 is 12.4 Å². The average molecular weight is 558 g/mol. The predicted octanol–water partition coefficient (Wildman–Crippen LogP) is 5.20. The van der Waals surface area contributed by atoms with Gasteiger partial charge in [-0.1, -0.05) is 74.0 Å². The molecule has 0 atom stereocenters. The highest BCUT2D eigenvalue weighted by Crippen LogP contribution is 2.37. The maximum Gasteiger partial charge on any atom is 0.316 e. The predicted molar refractivity (Wildman–Crippen MR) is 162 cm³/mol. The summed E-state index contributed by atoms with van der Waals surface area (Å²) in [5.74, 6) is 0.148. The number of benzene rings is 2. The van der Waals surface area contributed by atoms with Crippen molar-refractivity contribution in [2.24, 2.45) is 0 Å². The van der Waals surface area contributed by atoms with Crippen molar-refractivity contribution >= 4 is 24.3 Å². The number of esters is 1. The van der Waals surface area contributed by atoms with Gasteiger partial charge in [-0.05, 0) is 90.4 Å². The van der Waals surface area contributed by atoms with Crippen LogP contribution in [0.25, 0.3) is 0 Å². The van der Waals surface area contributed by atoms with E-state index in [4.69, 9.17) is 4.74 Å². The quantitative estimate of drug-likeness (QED) is 0.357. The maximum absolute atomic E-state index is 12.8. The van der Waals surface area contributed by atoms with Gasteiger partial charge in [0.15, 0.2) is 0 Å². The molecule has 0 aliphatic carbocycles. The number of ether oxygens (including phenoxy) is 1. The van der Waals surface area contributed by atoms with Crippen LogP contribution in [0.5, 0.6) is 0 Å². The minimum Gasteiger partial charge on any atom is -0.465 e. The van der Waals surface area contributed by atoms with E-state index in [1.165, 1.54) is 5.56 Å². The number of likely N-dealkylation sites (tertiary alicyclic amines) is 2. The Morgan fingerprint density at radius 3 is 1.64 bits per heavy atom. The van der Waals surface area contributed by atoms with Gasteiger partial charge in [0.2, 0.25) is 5.91 Å². The molecule has 2 fully saturated rings. The summed E-state index contributed by atoms with van der Waals surface area (Å²) in [5.41, 5.74) is 1.49. The lowest BCUT2D eigenvalue weighted by Crippen LogP contribution is -2.51. The monoisotopic (exact) mass is 557 g/mol. The van der Waals surface area contributed by atoms with Gasteiger partial charge in [-0.2, -0.15) is 0 Å². The molecule has 0 spiro atoms. The van der Waals surface area contributed by atoms with Crippen LogP contribution in [0.1, 0.15) is 63.5 Å². The van der Waals surface area contributed by atoms with Gasteiger partial charge in [0.1, 0.15) is 0 Å². The van der Waals surface area contributed by atoms with E-state index in [9.17, 15) is 9.59 Å². The number of hydrogen-bond acceptors (Lipinski definition) is 5. The molecule has 2 aliphatic rings. The van der Waals surface area contributed by atoms with Gasteiger partial charge in [-0.15, -0.1) is 12.4 Å².